The molecule has 0 bridgehead atoms. The van der Waals surface area contributed by atoms with Gasteiger partial charge in [-0.2, -0.15) is 0 Å². The van der Waals surface area contributed by atoms with Crippen molar-refractivity contribution in [1.29, 1.82) is 0 Å². The normalized spacial score (nSPS) is 23.4. The van der Waals surface area contributed by atoms with Gasteiger partial charge in [0.2, 0.25) is 17.7 Å². The number of hydrogen-bond donors (Lipinski definition) is 2. The Kier molecular flexibility index (Phi) is 5.75. The molecule has 2 aliphatic rings. The number of aryl methyl sites for hydroxylation is 1. The molecule has 1 aromatic heterocycles. The predicted octanol–water partition coefficient (Wildman–Crippen LogP) is 0.827. The Morgan fingerprint density at radius 3 is 2.63 bits per heavy atom. The van der Waals surface area contributed by atoms with E-state index in [1.54, 1.807) is 6.92 Å². The second-order valence-corrected chi connectivity index (χ2v) is 8.42. The van der Waals surface area contributed by atoms with Crippen LogP contribution in [-0.4, -0.2) is 58.8 Å². The molecule has 2 fully saturated rings. The lowest BCUT2D eigenvalue weighted by molar-refractivity contribution is -0.145. The number of thiazole rings is 1. The number of nitrogens with one attached hydrogen (secondary N) is 2. The van der Waals surface area contributed by atoms with Crippen LogP contribution >= 0.6 is 22.9 Å². The van der Waals surface area contributed by atoms with Crippen molar-refractivity contribution in [1.82, 2.24) is 20.5 Å². The fourth-order valence-corrected chi connectivity index (χ4v) is 4.43. The number of alkyl halides is 1. The number of likely N-dealkylation sites (tertiary alicyclic amines) is 1. The molecule has 11 heteroatoms. The van der Waals surface area contributed by atoms with E-state index in [4.69, 9.17) is 11.6 Å². The summed E-state index contributed by atoms with van der Waals surface area (Å²) in [4.78, 5) is 53.9. The van der Waals surface area contributed by atoms with Gasteiger partial charge in [-0.1, -0.05) is 11.6 Å². The molecule has 0 aliphatic carbocycles. The maximum atomic E-state index is 13.9. The second-order valence-electron chi connectivity index (χ2n) is 6.64. The molecule has 0 aromatic carbocycles. The van der Waals surface area contributed by atoms with Crippen molar-refractivity contribution in [3.8, 4) is 0 Å². The van der Waals surface area contributed by atoms with Crippen LogP contribution in [0.3, 0.4) is 0 Å². The third-order valence-electron chi connectivity index (χ3n) is 4.62. The van der Waals surface area contributed by atoms with Crippen molar-refractivity contribution < 1.29 is 23.6 Å². The predicted molar refractivity (Wildman–Crippen MR) is 95.1 cm³/mol. The number of halogens is 2. The molecule has 0 radical (unpaired) electrons. The Bertz CT molecular complexity index is 785. The van der Waals surface area contributed by atoms with E-state index < -0.39 is 41.8 Å². The minimum atomic E-state index is -1.22. The standard InChI is InChI=1S/C16H18ClFN4O4S/c1-7-13(21-16(17)27-7)14(25)19-5-10-4-9(18)6-22(10)15(26)8-2-11(23)20-12(24)3-8/h8-10H,2-6H2,1H3,(H,19,25)(H,20,23,24)/t9-,10-/m0/s1. The van der Waals surface area contributed by atoms with Gasteiger partial charge in [0, 0.05) is 30.7 Å². The molecule has 4 amide bonds. The largest absolute Gasteiger partial charge is 0.349 e. The van der Waals surface area contributed by atoms with Crippen molar-refractivity contribution in [3.63, 3.8) is 0 Å². The van der Waals surface area contributed by atoms with Crippen LogP contribution in [0.15, 0.2) is 0 Å². The van der Waals surface area contributed by atoms with Gasteiger partial charge in [0.05, 0.1) is 18.5 Å². The monoisotopic (exact) mass is 416 g/mol. The number of amides is 4. The lowest BCUT2D eigenvalue weighted by atomic mass is 9.95. The lowest BCUT2D eigenvalue weighted by Gasteiger charge is -2.29. The van der Waals surface area contributed by atoms with E-state index in [9.17, 15) is 23.6 Å². The molecule has 2 N–H and O–H groups in total. The summed E-state index contributed by atoms with van der Waals surface area (Å²) in [6.45, 7) is 1.65. The summed E-state index contributed by atoms with van der Waals surface area (Å²) in [7, 11) is 0. The first-order chi connectivity index (χ1) is 12.7. The van der Waals surface area contributed by atoms with Gasteiger partial charge < -0.3 is 10.2 Å². The summed E-state index contributed by atoms with van der Waals surface area (Å²) in [6.07, 6.45) is -1.35. The number of aromatic nitrogens is 1. The van der Waals surface area contributed by atoms with Crippen molar-refractivity contribution in [3.05, 3.63) is 15.0 Å². The number of imide groups is 1. The third-order valence-corrected chi connectivity index (χ3v) is 5.70. The molecular weight excluding hydrogens is 399 g/mol. The number of carbonyl (C=O) groups is 4. The van der Waals surface area contributed by atoms with Gasteiger partial charge in [0.15, 0.2) is 4.47 Å². The molecule has 1 aromatic rings. The van der Waals surface area contributed by atoms with Crippen molar-refractivity contribution >= 4 is 46.6 Å². The Labute approximate surface area is 163 Å². The van der Waals surface area contributed by atoms with E-state index in [-0.39, 0.29) is 42.5 Å². The average Bonchev–Trinajstić information content (AvgIpc) is 3.12. The highest BCUT2D eigenvalue weighted by atomic mass is 35.5. The van der Waals surface area contributed by atoms with Crippen molar-refractivity contribution in [2.45, 2.75) is 38.4 Å². The van der Waals surface area contributed by atoms with Crippen LogP contribution in [-0.2, 0) is 14.4 Å². The highest BCUT2D eigenvalue weighted by molar-refractivity contribution is 7.15. The van der Waals surface area contributed by atoms with Crippen LogP contribution in [0, 0.1) is 12.8 Å². The molecule has 0 saturated carbocycles. The summed E-state index contributed by atoms with van der Waals surface area (Å²) in [6, 6.07) is -0.550. The van der Waals surface area contributed by atoms with Crippen LogP contribution in [0.25, 0.3) is 0 Å². The Morgan fingerprint density at radius 1 is 1.37 bits per heavy atom. The lowest BCUT2D eigenvalue weighted by Crippen LogP contribution is -2.49. The minimum Gasteiger partial charge on any atom is -0.349 e. The first kappa shape index (κ1) is 19.7. The molecular formula is C16H18ClFN4O4S. The summed E-state index contributed by atoms with van der Waals surface area (Å²) >= 11 is 6.98. The van der Waals surface area contributed by atoms with Gasteiger partial charge >= 0.3 is 0 Å². The molecule has 0 unspecified atom stereocenters. The highest BCUT2D eigenvalue weighted by Gasteiger charge is 2.40. The van der Waals surface area contributed by atoms with E-state index >= 15 is 0 Å². The van der Waals surface area contributed by atoms with Gasteiger partial charge in [-0.15, -0.1) is 11.3 Å². The number of rotatable bonds is 4. The number of piperidine rings is 1. The molecule has 27 heavy (non-hydrogen) atoms. The second kappa shape index (κ2) is 7.89. The first-order valence-corrected chi connectivity index (χ1v) is 9.62. The van der Waals surface area contributed by atoms with Gasteiger partial charge in [-0.3, -0.25) is 24.5 Å². The molecule has 146 valence electrons. The zero-order chi connectivity index (χ0) is 19.7. The van der Waals surface area contributed by atoms with E-state index in [1.807, 2.05) is 0 Å². The molecule has 3 rings (SSSR count). The average molecular weight is 417 g/mol. The Hall–Kier alpha value is -2.07. The number of nitrogens with zero attached hydrogens (tertiary/aromatic N) is 2. The summed E-state index contributed by atoms with van der Waals surface area (Å²) in [5.41, 5.74) is 0.201. The summed E-state index contributed by atoms with van der Waals surface area (Å²) in [5, 5.41) is 4.80. The van der Waals surface area contributed by atoms with Crippen LogP contribution in [0.2, 0.25) is 4.47 Å². The smallest absolute Gasteiger partial charge is 0.271 e. The zero-order valence-corrected chi connectivity index (χ0v) is 16.0. The molecule has 2 saturated heterocycles. The van der Waals surface area contributed by atoms with Gasteiger partial charge in [0.1, 0.15) is 11.9 Å². The fraction of sp³-hybridized carbons (Fsp3) is 0.562. The number of hydrogen-bond acceptors (Lipinski definition) is 6. The molecule has 0 spiro atoms. The van der Waals surface area contributed by atoms with Crippen LogP contribution in [0.1, 0.15) is 34.6 Å². The Balaban J connectivity index is 1.64. The van der Waals surface area contributed by atoms with Crippen LogP contribution < -0.4 is 10.6 Å². The highest BCUT2D eigenvalue weighted by Crippen LogP contribution is 2.26. The van der Waals surface area contributed by atoms with E-state index in [2.05, 4.69) is 15.6 Å². The van der Waals surface area contributed by atoms with Crippen molar-refractivity contribution in [2.24, 2.45) is 5.92 Å². The zero-order valence-electron chi connectivity index (χ0n) is 14.5. The molecule has 2 aliphatic heterocycles. The quantitative estimate of drug-likeness (QED) is 0.706. The maximum Gasteiger partial charge on any atom is 0.271 e. The molecule has 2 atom stereocenters. The first-order valence-electron chi connectivity index (χ1n) is 8.43. The van der Waals surface area contributed by atoms with Crippen LogP contribution in [0.5, 0.6) is 0 Å². The molecule has 3 heterocycles. The fourth-order valence-electron chi connectivity index (χ4n) is 3.38. The summed E-state index contributed by atoms with van der Waals surface area (Å²) in [5.74, 6) is -2.71. The van der Waals surface area contributed by atoms with E-state index in [0.29, 0.717) is 4.88 Å². The summed E-state index contributed by atoms with van der Waals surface area (Å²) < 4.78 is 14.2. The number of carbonyl (C=O) groups excluding carboxylic acids is 4. The minimum absolute atomic E-state index is 0.0481. The van der Waals surface area contributed by atoms with Gasteiger partial charge in [-0.05, 0) is 6.92 Å². The van der Waals surface area contributed by atoms with E-state index in [0.717, 1.165) is 0 Å². The topological polar surface area (TPSA) is 108 Å². The molecule has 8 nitrogen and oxygen atoms in total. The van der Waals surface area contributed by atoms with E-state index in [1.165, 1.54) is 16.2 Å². The van der Waals surface area contributed by atoms with Crippen molar-refractivity contribution in [2.75, 3.05) is 13.1 Å². The SMILES string of the molecule is Cc1sc(Cl)nc1C(=O)NC[C@@H]1C[C@H](F)CN1C(=O)C1CC(=O)NC(=O)C1. The maximum absolute atomic E-state index is 13.9. The van der Waals surface area contributed by atoms with Gasteiger partial charge in [-0.25, -0.2) is 9.37 Å². The third kappa shape index (κ3) is 4.44. The Morgan fingerprint density at radius 2 is 2.04 bits per heavy atom. The van der Waals surface area contributed by atoms with Gasteiger partial charge in [0.25, 0.3) is 5.91 Å². The van der Waals surface area contributed by atoms with Crippen LogP contribution in [0.4, 0.5) is 4.39 Å².